The van der Waals surface area contributed by atoms with Crippen molar-refractivity contribution in [2.24, 2.45) is 5.92 Å². The third-order valence-corrected chi connectivity index (χ3v) is 8.13. The number of likely N-dealkylation sites (tertiary alicyclic amines) is 1. The summed E-state index contributed by atoms with van der Waals surface area (Å²) in [4.78, 5) is 2.58. The van der Waals surface area contributed by atoms with Gasteiger partial charge in [-0.05, 0) is 69.7 Å². The molecule has 5 atom stereocenters. The van der Waals surface area contributed by atoms with Crippen LogP contribution in [0.4, 0.5) is 0 Å². The molecule has 1 spiro atoms. The van der Waals surface area contributed by atoms with Gasteiger partial charge in [-0.2, -0.15) is 0 Å². The molecule has 2 aliphatic heterocycles. The molecule has 3 N–H and O–H groups in total. The molecule has 5 nitrogen and oxygen atoms in total. The number of hydrogen-bond donors (Lipinski definition) is 3. The average Bonchev–Trinajstić information content (AvgIpc) is 3.37. The van der Waals surface area contributed by atoms with E-state index in [0.29, 0.717) is 5.75 Å². The quantitative estimate of drug-likeness (QED) is 0.767. The normalized spacial score (nSPS) is 43.1. The molecule has 3 aliphatic carbocycles. The molecule has 6 rings (SSSR count). The topological polar surface area (TPSA) is 65.0 Å². The van der Waals surface area contributed by atoms with Crippen LogP contribution >= 0.6 is 0 Å². The van der Waals surface area contributed by atoms with Crippen molar-refractivity contribution >= 4 is 0 Å². The van der Waals surface area contributed by atoms with E-state index < -0.39 is 5.60 Å². The first-order chi connectivity index (χ1) is 12.6. The maximum atomic E-state index is 12.2. The fourth-order valence-corrected chi connectivity index (χ4v) is 6.78. The molecule has 26 heavy (non-hydrogen) atoms. The van der Waals surface area contributed by atoms with Crippen molar-refractivity contribution in [3.8, 4) is 11.5 Å². The zero-order valence-electron chi connectivity index (χ0n) is 15.4. The van der Waals surface area contributed by atoms with Crippen LogP contribution < -0.4 is 10.1 Å². The third kappa shape index (κ3) is 1.68. The van der Waals surface area contributed by atoms with Crippen molar-refractivity contribution in [1.82, 2.24) is 10.2 Å². The second-order valence-electron chi connectivity index (χ2n) is 9.22. The van der Waals surface area contributed by atoms with Crippen molar-refractivity contribution in [3.63, 3.8) is 0 Å². The van der Waals surface area contributed by atoms with Gasteiger partial charge in [0.2, 0.25) is 0 Å². The smallest absolute Gasteiger partial charge is 0.165 e. The van der Waals surface area contributed by atoms with Crippen molar-refractivity contribution in [2.45, 2.75) is 67.7 Å². The highest BCUT2D eigenvalue weighted by Crippen LogP contribution is 2.65. The van der Waals surface area contributed by atoms with Gasteiger partial charge in [-0.1, -0.05) is 6.07 Å². The minimum Gasteiger partial charge on any atom is -0.504 e. The number of likely N-dealkylation sites (N-methyl/N-ethyl adjacent to an activating group) is 1. The Morgan fingerprint density at radius 1 is 1.27 bits per heavy atom. The first-order valence-electron chi connectivity index (χ1n) is 10.2. The molecule has 140 valence electrons. The molecule has 2 bridgehead atoms. The van der Waals surface area contributed by atoms with Crippen molar-refractivity contribution in [2.75, 3.05) is 20.1 Å². The molecule has 3 fully saturated rings. The fraction of sp³-hybridized carbons (Fsp3) is 0.714. The number of phenolic OH excluding ortho intramolecular Hbond substituents is 1. The van der Waals surface area contributed by atoms with Gasteiger partial charge >= 0.3 is 0 Å². The van der Waals surface area contributed by atoms with Crippen molar-refractivity contribution < 1.29 is 14.9 Å². The molecule has 1 unspecified atom stereocenters. The largest absolute Gasteiger partial charge is 0.504 e. The molecule has 0 amide bonds. The van der Waals surface area contributed by atoms with Crippen LogP contribution in [0.25, 0.3) is 0 Å². The molecule has 1 saturated heterocycles. The number of phenols is 1. The van der Waals surface area contributed by atoms with Crippen LogP contribution in [-0.2, 0) is 11.8 Å². The number of hydrogen-bond acceptors (Lipinski definition) is 5. The number of aromatic hydroxyl groups is 1. The van der Waals surface area contributed by atoms with Gasteiger partial charge in [0.05, 0.1) is 11.0 Å². The van der Waals surface area contributed by atoms with Gasteiger partial charge in [0, 0.05) is 24.2 Å². The van der Waals surface area contributed by atoms with Crippen LogP contribution in [0.2, 0.25) is 0 Å². The number of benzene rings is 1. The molecule has 0 radical (unpaired) electrons. The Bertz CT molecular complexity index is 779. The zero-order valence-corrected chi connectivity index (χ0v) is 15.4. The molecule has 1 aromatic carbocycles. The van der Waals surface area contributed by atoms with E-state index in [1.165, 1.54) is 18.4 Å². The summed E-state index contributed by atoms with van der Waals surface area (Å²) in [6.45, 7) is 2.15. The lowest BCUT2D eigenvalue weighted by Crippen LogP contribution is -2.78. The van der Waals surface area contributed by atoms with E-state index in [-0.39, 0.29) is 29.4 Å². The third-order valence-electron chi connectivity index (χ3n) is 8.13. The fourth-order valence-electron chi connectivity index (χ4n) is 6.78. The van der Waals surface area contributed by atoms with E-state index in [2.05, 4.69) is 16.3 Å². The number of ether oxygens (including phenoxy) is 1. The van der Waals surface area contributed by atoms with Gasteiger partial charge in [0.1, 0.15) is 6.10 Å². The van der Waals surface area contributed by atoms with Crippen molar-refractivity contribution in [3.05, 3.63) is 23.3 Å². The van der Waals surface area contributed by atoms with E-state index in [1.807, 2.05) is 7.05 Å². The summed E-state index contributed by atoms with van der Waals surface area (Å²) in [6.07, 6.45) is 6.09. The average molecular weight is 356 g/mol. The van der Waals surface area contributed by atoms with E-state index in [0.717, 1.165) is 50.3 Å². The Labute approximate surface area is 154 Å². The lowest BCUT2D eigenvalue weighted by atomic mass is 9.48. The Morgan fingerprint density at radius 2 is 2.12 bits per heavy atom. The second-order valence-corrected chi connectivity index (χ2v) is 9.22. The number of nitrogens with one attached hydrogen (secondary N) is 1. The molecule has 1 aromatic rings. The lowest BCUT2D eigenvalue weighted by Gasteiger charge is -2.64. The summed E-state index contributed by atoms with van der Waals surface area (Å²) in [5, 5.41) is 26.1. The van der Waals surface area contributed by atoms with Crippen LogP contribution in [0.15, 0.2) is 12.1 Å². The van der Waals surface area contributed by atoms with E-state index in [1.54, 1.807) is 6.07 Å². The predicted molar refractivity (Wildman–Crippen MR) is 97.6 cm³/mol. The second kappa shape index (κ2) is 4.94. The Kier molecular flexibility index (Phi) is 2.99. The molecular weight excluding hydrogens is 328 g/mol. The minimum absolute atomic E-state index is 0.0980. The molecular formula is C21H28N2O3. The van der Waals surface area contributed by atoms with Gasteiger partial charge in [0.25, 0.3) is 0 Å². The Hall–Kier alpha value is -1.30. The summed E-state index contributed by atoms with van der Waals surface area (Å²) in [6, 6.07) is 4.23. The Morgan fingerprint density at radius 3 is 2.88 bits per heavy atom. The maximum absolute atomic E-state index is 12.2. The van der Waals surface area contributed by atoms with Gasteiger partial charge in [-0.25, -0.2) is 0 Å². The standard InChI is InChI=1S/C21H28N2O3/c1-22-14-6-7-21(25)16-10-13-4-5-15(24)18-17(13)20(21,19(14)26-18)8-9-23(16)11-12-2-3-12/h4-5,12,14,16,19,22,24-25H,2-3,6-11H2,1H3/t14-,16-,19+,20?,21-/m1/s1. The van der Waals surface area contributed by atoms with Gasteiger partial charge in [-0.3, -0.25) is 4.90 Å². The first kappa shape index (κ1) is 15.7. The minimum atomic E-state index is -0.760. The summed E-state index contributed by atoms with van der Waals surface area (Å²) < 4.78 is 6.42. The van der Waals surface area contributed by atoms with Crippen molar-refractivity contribution in [1.29, 1.82) is 0 Å². The van der Waals surface area contributed by atoms with Gasteiger partial charge in [-0.15, -0.1) is 0 Å². The van der Waals surface area contributed by atoms with Gasteiger partial charge < -0.3 is 20.3 Å². The van der Waals surface area contributed by atoms with Crippen LogP contribution in [0, 0.1) is 5.92 Å². The predicted octanol–water partition coefficient (Wildman–Crippen LogP) is 1.54. The molecule has 0 aromatic heterocycles. The molecule has 5 aliphatic rings. The molecule has 2 heterocycles. The highest BCUT2D eigenvalue weighted by atomic mass is 16.5. The summed E-state index contributed by atoms with van der Waals surface area (Å²) in [5.41, 5.74) is 1.25. The van der Waals surface area contributed by atoms with Crippen LogP contribution in [0.3, 0.4) is 0 Å². The summed E-state index contributed by atoms with van der Waals surface area (Å²) in [5.74, 6) is 1.69. The molecule has 2 saturated carbocycles. The van der Waals surface area contributed by atoms with E-state index >= 15 is 0 Å². The summed E-state index contributed by atoms with van der Waals surface area (Å²) >= 11 is 0. The van der Waals surface area contributed by atoms with Crippen LogP contribution in [0.5, 0.6) is 11.5 Å². The number of rotatable bonds is 3. The van der Waals surface area contributed by atoms with Crippen LogP contribution in [0.1, 0.15) is 43.2 Å². The lowest BCUT2D eigenvalue weighted by molar-refractivity contribution is -0.191. The number of aliphatic hydroxyl groups is 1. The number of nitrogens with zero attached hydrogens (tertiary/aromatic N) is 1. The van der Waals surface area contributed by atoms with Crippen LogP contribution in [-0.4, -0.2) is 59.0 Å². The summed E-state index contributed by atoms with van der Waals surface area (Å²) in [7, 11) is 1.99. The highest BCUT2D eigenvalue weighted by molar-refractivity contribution is 5.62. The monoisotopic (exact) mass is 356 g/mol. The number of piperidine rings is 1. The highest BCUT2D eigenvalue weighted by Gasteiger charge is 2.72. The maximum Gasteiger partial charge on any atom is 0.165 e. The Balaban J connectivity index is 1.55. The molecule has 5 heteroatoms. The van der Waals surface area contributed by atoms with E-state index in [4.69, 9.17) is 4.74 Å². The first-order valence-corrected chi connectivity index (χ1v) is 10.2. The SMILES string of the molecule is CN[C@@H]1CC[C@@]2(O)[C@H]3Cc4ccc(O)c5c4C2(CCN3CC2CC2)[C@H]1O5. The van der Waals surface area contributed by atoms with E-state index in [9.17, 15) is 10.2 Å². The zero-order chi connectivity index (χ0) is 17.7. The van der Waals surface area contributed by atoms with Gasteiger partial charge in [0.15, 0.2) is 11.5 Å².